The summed E-state index contributed by atoms with van der Waals surface area (Å²) in [6.45, 7) is 3.01. The molecule has 1 saturated carbocycles. The molecular formula is C33H28F3N3O. The fourth-order valence-electron chi connectivity index (χ4n) is 6.55. The minimum absolute atomic E-state index is 0.158. The van der Waals surface area contributed by atoms with E-state index in [1.807, 2.05) is 37.3 Å². The molecule has 2 aliphatic rings. The van der Waals surface area contributed by atoms with Crippen molar-refractivity contribution in [3.63, 3.8) is 0 Å². The fraction of sp³-hybridized carbons (Fsp3) is 0.212. The van der Waals surface area contributed by atoms with Gasteiger partial charge >= 0.3 is 0 Å². The van der Waals surface area contributed by atoms with E-state index >= 15 is 0 Å². The number of benzene rings is 4. The molecule has 0 radical (unpaired) electrons. The molecule has 1 aliphatic carbocycles. The molecule has 0 spiro atoms. The molecule has 1 heterocycles. The number of nitrogens with zero attached hydrogens (tertiary/aromatic N) is 1. The zero-order chi connectivity index (χ0) is 28.0. The Kier molecular flexibility index (Phi) is 6.45. The summed E-state index contributed by atoms with van der Waals surface area (Å²) >= 11 is 0. The summed E-state index contributed by atoms with van der Waals surface area (Å²) in [4.78, 5) is 15.3. The minimum atomic E-state index is -2.64. The second kappa shape index (κ2) is 9.97. The molecule has 3 atom stereocenters. The molecule has 0 unspecified atom stereocenters. The van der Waals surface area contributed by atoms with Crippen molar-refractivity contribution in [3.8, 4) is 0 Å². The first kappa shape index (κ1) is 25.9. The summed E-state index contributed by atoms with van der Waals surface area (Å²) in [7, 11) is 0. The van der Waals surface area contributed by atoms with Gasteiger partial charge in [0.25, 0.3) is 12.3 Å². The highest BCUT2D eigenvalue weighted by Crippen LogP contribution is 2.70. The molecule has 4 aromatic rings. The quantitative estimate of drug-likeness (QED) is 0.237. The van der Waals surface area contributed by atoms with Crippen LogP contribution >= 0.6 is 0 Å². The van der Waals surface area contributed by atoms with Gasteiger partial charge in [-0.15, -0.1) is 0 Å². The van der Waals surface area contributed by atoms with Crippen LogP contribution in [0.1, 0.15) is 50.5 Å². The van der Waals surface area contributed by atoms with Crippen LogP contribution in [-0.4, -0.2) is 30.1 Å². The van der Waals surface area contributed by atoms with Crippen molar-refractivity contribution in [2.75, 3.05) is 18.4 Å². The Morgan fingerprint density at radius 2 is 1.77 bits per heavy atom. The Morgan fingerprint density at radius 3 is 2.48 bits per heavy atom. The van der Waals surface area contributed by atoms with Crippen molar-refractivity contribution in [3.05, 3.63) is 130 Å². The second-order valence-corrected chi connectivity index (χ2v) is 10.7. The highest BCUT2D eigenvalue weighted by atomic mass is 19.3. The summed E-state index contributed by atoms with van der Waals surface area (Å²) in [5, 5.41) is 11.4. The Balaban J connectivity index is 1.37. The van der Waals surface area contributed by atoms with E-state index in [4.69, 9.17) is 5.41 Å². The summed E-state index contributed by atoms with van der Waals surface area (Å²) in [6, 6.07) is 26.0. The first-order valence-corrected chi connectivity index (χ1v) is 13.2. The van der Waals surface area contributed by atoms with Gasteiger partial charge < -0.3 is 15.6 Å². The number of aryl methyl sites for hydroxylation is 1. The van der Waals surface area contributed by atoms with Crippen molar-refractivity contribution in [2.45, 2.75) is 24.7 Å². The number of rotatable bonds is 7. The molecule has 7 heteroatoms. The van der Waals surface area contributed by atoms with Gasteiger partial charge in [-0.3, -0.25) is 4.79 Å². The summed E-state index contributed by atoms with van der Waals surface area (Å²) in [6.07, 6.45) is -1.34. The third-order valence-corrected chi connectivity index (χ3v) is 8.39. The van der Waals surface area contributed by atoms with Crippen LogP contribution in [0.25, 0.3) is 0 Å². The number of piperidine rings is 1. The van der Waals surface area contributed by atoms with Crippen LogP contribution in [0.2, 0.25) is 0 Å². The molecule has 40 heavy (non-hydrogen) atoms. The highest BCUT2D eigenvalue weighted by molar-refractivity contribution is 5.95. The number of hydrogen-bond donors (Lipinski definition) is 2. The lowest BCUT2D eigenvalue weighted by Gasteiger charge is -2.26. The minimum Gasteiger partial charge on any atom is -0.355 e. The van der Waals surface area contributed by atoms with Gasteiger partial charge in [0, 0.05) is 58.7 Å². The number of alkyl halides is 2. The van der Waals surface area contributed by atoms with E-state index in [9.17, 15) is 18.0 Å². The smallest absolute Gasteiger partial charge is 0.263 e. The Bertz CT molecular complexity index is 1590. The Labute approximate surface area is 231 Å². The van der Waals surface area contributed by atoms with Gasteiger partial charge in [-0.05, 0) is 78.1 Å². The first-order chi connectivity index (χ1) is 19.3. The molecule has 1 saturated heterocycles. The first-order valence-electron chi connectivity index (χ1n) is 13.2. The van der Waals surface area contributed by atoms with Crippen LogP contribution in [0, 0.1) is 24.1 Å². The van der Waals surface area contributed by atoms with Gasteiger partial charge in [-0.1, -0.05) is 42.5 Å². The summed E-state index contributed by atoms with van der Waals surface area (Å²) in [5.74, 6) is -0.222. The van der Waals surface area contributed by atoms with Crippen LogP contribution in [0.15, 0.2) is 91.0 Å². The number of likely N-dealkylation sites (tertiary alicyclic amines) is 1. The van der Waals surface area contributed by atoms with E-state index in [2.05, 4.69) is 17.4 Å². The number of nitrogens with one attached hydrogen (secondary N) is 2. The van der Waals surface area contributed by atoms with E-state index < -0.39 is 6.43 Å². The fourth-order valence-corrected chi connectivity index (χ4v) is 6.55. The van der Waals surface area contributed by atoms with E-state index in [-0.39, 0.29) is 40.1 Å². The maximum atomic E-state index is 13.5. The normalized spacial score (nSPS) is 21.3. The molecular weight excluding hydrogens is 511 g/mol. The molecule has 202 valence electrons. The lowest BCUT2D eigenvalue weighted by Crippen LogP contribution is -2.34. The van der Waals surface area contributed by atoms with E-state index in [1.54, 1.807) is 23.1 Å². The number of carbonyl (C=O) groups is 1. The number of amides is 1. The molecule has 2 N–H and O–H groups in total. The average Bonchev–Trinajstić information content (AvgIpc) is 3.42. The van der Waals surface area contributed by atoms with Crippen LogP contribution in [0.5, 0.6) is 0 Å². The van der Waals surface area contributed by atoms with Gasteiger partial charge in [0.1, 0.15) is 5.82 Å². The van der Waals surface area contributed by atoms with E-state index in [0.717, 1.165) is 16.8 Å². The molecule has 4 aromatic carbocycles. The molecule has 4 nitrogen and oxygen atoms in total. The lowest BCUT2D eigenvalue weighted by molar-refractivity contribution is 0.0768. The van der Waals surface area contributed by atoms with Crippen molar-refractivity contribution < 1.29 is 18.0 Å². The Morgan fingerprint density at radius 1 is 1.02 bits per heavy atom. The van der Waals surface area contributed by atoms with E-state index in [0.29, 0.717) is 24.3 Å². The SMILES string of the molecule is Cc1cc(Nc2ccc(F)cc2)c(C=N)cc1[C@@]12CN(C(=O)c3cccc(C(F)F)c3)C[C@@H]1[C@H]2c1ccccc1. The topological polar surface area (TPSA) is 56.2 Å². The third kappa shape index (κ3) is 4.35. The van der Waals surface area contributed by atoms with Crippen molar-refractivity contribution in [1.29, 1.82) is 5.41 Å². The number of halogens is 3. The third-order valence-electron chi connectivity index (χ3n) is 8.39. The molecule has 2 fully saturated rings. The Hall–Kier alpha value is -4.39. The average molecular weight is 540 g/mol. The second-order valence-electron chi connectivity index (χ2n) is 10.7. The molecule has 0 aromatic heterocycles. The maximum Gasteiger partial charge on any atom is 0.263 e. The van der Waals surface area contributed by atoms with Gasteiger partial charge in [-0.2, -0.15) is 0 Å². The highest BCUT2D eigenvalue weighted by Gasteiger charge is 2.70. The van der Waals surface area contributed by atoms with Crippen LogP contribution < -0.4 is 5.32 Å². The monoisotopic (exact) mass is 539 g/mol. The number of hydrogen-bond acceptors (Lipinski definition) is 3. The molecule has 1 aliphatic heterocycles. The molecule has 6 rings (SSSR count). The number of fused-ring (bicyclic) bond motifs is 1. The van der Waals surface area contributed by atoms with Crippen LogP contribution in [0.3, 0.4) is 0 Å². The lowest BCUT2D eigenvalue weighted by atomic mass is 9.85. The maximum absolute atomic E-state index is 13.5. The zero-order valence-electron chi connectivity index (χ0n) is 21.9. The molecule has 0 bridgehead atoms. The van der Waals surface area contributed by atoms with Crippen LogP contribution in [-0.2, 0) is 5.41 Å². The zero-order valence-corrected chi connectivity index (χ0v) is 21.9. The largest absolute Gasteiger partial charge is 0.355 e. The van der Waals surface area contributed by atoms with Gasteiger partial charge in [-0.25, -0.2) is 13.2 Å². The van der Waals surface area contributed by atoms with Gasteiger partial charge in [0.15, 0.2) is 0 Å². The number of anilines is 2. The van der Waals surface area contributed by atoms with Crippen LogP contribution in [0.4, 0.5) is 24.5 Å². The standard InChI is InChI=1S/C33H28F3N3O/c1-20-14-29(38-26-12-10-25(34)11-13-26)24(17-37)16-27(20)33-19-39(18-28(33)30(33)21-6-3-2-4-7-21)32(40)23-9-5-8-22(15-23)31(35)36/h2-17,28,30-31,37-38H,18-19H2,1H3/t28-,30-,33+/m1/s1. The summed E-state index contributed by atoms with van der Waals surface area (Å²) < 4.78 is 40.0. The predicted molar refractivity (Wildman–Crippen MR) is 150 cm³/mol. The van der Waals surface area contributed by atoms with Crippen molar-refractivity contribution in [2.24, 2.45) is 5.92 Å². The van der Waals surface area contributed by atoms with Crippen molar-refractivity contribution in [1.82, 2.24) is 4.90 Å². The van der Waals surface area contributed by atoms with Gasteiger partial charge in [0.2, 0.25) is 0 Å². The predicted octanol–water partition coefficient (Wildman–Crippen LogP) is 7.62. The van der Waals surface area contributed by atoms with E-state index in [1.165, 1.54) is 42.1 Å². The number of carbonyl (C=O) groups excluding carboxylic acids is 1. The van der Waals surface area contributed by atoms with Gasteiger partial charge in [0.05, 0.1) is 0 Å². The summed E-state index contributed by atoms with van der Waals surface area (Å²) in [5.41, 5.74) is 5.18. The molecule has 1 amide bonds. The van der Waals surface area contributed by atoms with Crippen molar-refractivity contribution >= 4 is 23.5 Å².